The third-order valence-corrected chi connectivity index (χ3v) is 6.43. The van der Waals surface area contributed by atoms with E-state index in [4.69, 9.17) is 9.73 Å². The molecular weight excluding hydrogens is 418 g/mol. The van der Waals surface area contributed by atoms with Crippen LogP contribution in [0.3, 0.4) is 0 Å². The summed E-state index contributed by atoms with van der Waals surface area (Å²) in [4.78, 5) is 19.9. The molecule has 6 heteroatoms. The van der Waals surface area contributed by atoms with E-state index < -0.39 is 0 Å². The van der Waals surface area contributed by atoms with E-state index in [0.29, 0.717) is 10.1 Å². The lowest BCUT2D eigenvalue weighted by atomic mass is 10.1. The van der Waals surface area contributed by atoms with E-state index in [1.165, 1.54) is 17.1 Å². The molecule has 5 rings (SSSR count). The molecule has 0 spiro atoms. The molecule has 1 aliphatic rings. The lowest BCUT2D eigenvalue weighted by Crippen LogP contribution is -2.23. The Hall–Kier alpha value is -3.77. The second kappa shape index (κ2) is 8.40. The van der Waals surface area contributed by atoms with Crippen molar-refractivity contribution < 1.29 is 9.53 Å². The van der Waals surface area contributed by atoms with Crippen molar-refractivity contribution in [2.45, 2.75) is 0 Å². The van der Waals surface area contributed by atoms with Crippen molar-refractivity contribution in [1.29, 1.82) is 0 Å². The van der Waals surface area contributed by atoms with Crippen molar-refractivity contribution in [3.05, 3.63) is 95.7 Å². The van der Waals surface area contributed by atoms with Crippen molar-refractivity contribution in [2.75, 3.05) is 14.2 Å². The molecule has 0 unspecified atom stereocenters. The molecule has 158 valence electrons. The number of nitrogens with zero attached hydrogens (tertiary/aromatic N) is 3. The summed E-state index contributed by atoms with van der Waals surface area (Å²) in [5.41, 5.74) is 2.75. The van der Waals surface area contributed by atoms with Crippen LogP contribution in [0.5, 0.6) is 5.75 Å². The molecule has 3 aromatic carbocycles. The highest BCUT2D eigenvalue weighted by Crippen LogP contribution is 2.34. The molecule has 2 heterocycles. The number of carbonyl (C=O) groups excluding carboxylic acids is 1. The highest BCUT2D eigenvalue weighted by Gasteiger charge is 2.30. The molecule has 0 saturated carbocycles. The van der Waals surface area contributed by atoms with Crippen LogP contribution < -0.4 is 4.74 Å². The largest absolute Gasteiger partial charge is 0.497 e. The number of carbonyl (C=O) groups is 1. The van der Waals surface area contributed by atoms with Gasteiger partial charge in [-0.05, 0) is 77.1 Å². The third kappa shape index (κ3) is 3.81. The normalized spacial score (nSPS) is 16.4. The number of methoxy groups -OCH3 is 1. The number of fused-ring (bicyclic) bond motifs is 1. The molecule has 1 aliphatic heterocycles. The summed E-state index contributed by atoms with van der Waals surface area (Å²) < 4.78 is 7.29. The Labute approximate surface area is 190 Å². The molecule has 1 aromatic heterocycles. The van der Waals surface area contributed by atoms with Crippen molar-refractivity contribution in [2.24, 2.45) is 4.99 Å². The molecule has 32 heavy (non-hydrogen) atoms. The zero-order chi connectivity index (χ0) is 22.1. The van der Waals surface area contributed by atoms with Crippen molar-refractivity contribution in [3.63, 3.8) is 0 Å². The van der Waals surface area contributed by atoms with E-state index in [1.54, 1.807) is 19.1 Å². The predicted octanol–water partition coefficient (Wildman–Crippen LogP) is 5.87. The van der Waals surface area contributed by atoms with Crippen LogP contribution in [-0.2, 0) is 4.79 Å². The number of hydrogen-bond donors (Lipinski definition) is 0. The molecule has 0 N–H and O–H groups in total. The average Bonchev–Trinajstić information content (AvgIpc) is 3.39. The lowest BCUT2D eigenvalue weighted by Gasteiger charge is -2.08. The van der Waals surface area contributed by atoms with Gasteiger partial charge in [0.05, 0.1) is 17.7 Å². The number of likely N-dealkylation sites (N-methyl/N-ethyl adjacent to an activating group) is 1. The predicted molar refractivity (Wildman–Crippen MR) is 132 cm³/mol. The molecule has 4 aromatic rings. The maximum absolute atomic E-state index is 12.9. The number of rotatable bonds is 4. The fourth-order valence-electron chi connectivity index (χ4n) is 3.63. The first kappa shape index (κ1) is 20.2. The number of aromatic nitrogens is 1. The van der Waals surface area contributed by atoms with Gasteiger partial charge in [-0.2, -0.15) is 0 Å². The quantitative estimate of drug-likeness (QED) is 0.374. The maximum Gasteiger partial charge on any atom is 0.266 e. The van der Waals surface area contributed by atoms with Gasteiger partial charge in [-0.15, -0.1) is 0 Å². The Morgan fingerprint density at radius 3 is 2.50 bits per heavy atom. The summed E-state index contributed by atoms with van der Waals surface area (Å²) in [6, 6.07) is 26.0. The number of ether oxygens (including phenoxy) is 1. The first-order valence-electron chi connectivity index (χ1n) is 10.2. The number of hydrogen-bond acceptors (Lipinski definition) is 4. The van der Waals surface area contributed by atoms with Gasteiger partial charge in [0.25, 0.3) is 5.91 Å². The monoisotopic (exact) mass is 439 g/mol. The fraction of sp³-hybridized carbons (Fsp3) is 0.0769. The molecule has 0 radical (unpaired) electrons. The summed E-state index contributed by atoms with van der Waals surface area (Å²) in [6.45, 7) is 0. The second-order valence-electron chi connectivity index (χ2n) is 7.40. The van der Waals surface area contributed by atoms with Crippen molar-refractivity contribution in [3.8, 4) is 11.4 Å². The summed E-state index contributed by atoms with van der Waals surface area (Å²) >= 11 is 1.39. The van der Waals surface area contributed by atoms with Crippen LogP contribution in [0.4, 0.5) is 5.69 Å². The van der Waals surface area contributed by atoms with E-state index in [9.17, 15) is 4.79 Å². The fourth-order valence-corrected chi connectivity index (χ4v) is 4.60. The van der Waals surface area contributed by atoms with Crippen molar-refractivity contribution >= 4 is 45.4 Å². The van der Waals surface area contributed by atoms with E-state index in [-0.39, 0.29) is 5.91 Å². The van der Waals surface area contributed by atoms with Crippen LogP contribution in [-0.4, -0.2) is 34.7 Å². The lowest BCUT2D eigenvalue weighted by molar-refractivity contribution is -0.121. The van der Waals surface area contributed by atoms with Gasteiger partial charge >= 0.3 is 0 Å². The summed E-state index contributed by atoms with van der Waals surface area (Å²) in [7, 11) is 3.41. The zero-order valence-corrected chi connectivity index (χ0v) is 18.5. The highest BCUT2D eigenvalue weighted by atomic mass is 32.2. The minimum absolute atomic E-state index is 0.0583. The minimum atomic E-state index is -0.0583. The van der Waals surface area contributed by atoms with Crippen LogP contribution in [0.2, 0.25) is 0 Å². The Bertz CT molecular complexity index is 1370. The molecule has 1 amide bonds. The smallest absolute Gasteiger partial charge is 0.266 e. The van der Waals surface area contributed by atoms with Crippen LogP contribution >= 0.6 is 11.8 Å². The molecular formula is C26H21N3O2S. The maximum atomic E-state index is 12.9. The van der Waals surface area contributed by atoms with E-state index in [2.05, 4.69) is 18.2 Å². The summed E-state index contributed by atoms with van der Waals surface area (Å²) in [5, 5.41) is 2.96. The minimum Gasteiger partial charge on any atom is -0.497 e. The van der Waals surface area contributed by atoms with E-state index in [0.717, 1.165) is 28.2 Å². The number of aliphatic imine (C=N–C) groups is 1. The Morgan fingerprint density at radius 1 is 0.938 bits per heavy atom. The zero-order valence-electron chi connectivity index (χ0n) is 17.7. The SMILES string of the molecule is COc1ccc(-n2cccc2/C=C2\SC(=Nc3ccc4ccccc4c3)N(C)C2=O)cc1. The first-order valence-corrected chi connectivity index (χ1v) is 11.0. The van der Waals surface area contributed by atoms with Gasteiger partial charge in [-0.1, -0.05) is 30.3 Å². The molecule has 1 fully saturated rings. The second-order valence-corrected chi connectivity index (χ2v) is 8.41. The number of amidine groups is 1. The molecule has 0 aliphatic carbocycles. The molecule has 0 atom stereocenters. The Kier molecular flexibility index (Phi) is 5.29. The molecule has 0 bridgehead atoms. The van der Waals surface area contributed by atoms with Gasteiger partial charge in [0, 0.05) is 24.6 Å². The van der Waals surface area contributed by atoms with Crippen LogP contribution in [0.1, 0.15) is 5.69 Å². The van der Waals surface area contributed by atoms with E-state index >= 15 is 0 Å². The van der Waals surface area contributed by atoms with Gasteiger partial charge in [-0.3, -0.25) is 9.69 Å². The Morgan fingerprint density at radius 2 is 1.72 bits per heavy atom. The van der Waals surface area contributed by atoms with Crippen LogP contribution in [0.15, 0.2) is 95.0 Å². The molecule has 5 nitrogen and oxygen atoms in total. The number of amides is 1. The van der Waals surface area contributed by atoms with Gasteiger partial charge in [0.15, 0.2) is 5.17 Å². The topological polar surface area (TPSA) is 46.8 Å². The third-order valence-electron chi connectivity index (χ3n) is 5.37. The number of thioether (sulfide) groups is 1. The highest BCUT2D eigenvalue weighted by molar-refractivity contribution is 8.18. The van der Waals surface area contributed by atoms with Crippen LogP contribution in [0, 0.1) is 0 Å². The van der Waals surface area contributed by atoms with E-state index in [1.807, 2.05) is 77.5 Å². The van der Waals surface area contributed by atoms with Gasteiger partial charge in [0.2, 0.25) is 0 Å². The molecule has 1 saturated heterocycles. The Balaban J connectivity index is 1.45. The first-order chi connectivity index (χ1) is 15.6. The standard InChI is InChI=1S/C26H21N3O2S/c1-28-25(30)24(17-22-8-5-15-29(22)21-11-13-23(31-2)14-12-21)32-26(28)27-20-10-9-18-6-3-4-7-19(18)16-20/h3-17H,1-2H3/b24-17-,27-26?. The van der Waals surface area contributed by atoms with Gasteiger partial charge in [0.1, 0.15) is 5.75 Å². The summed E-state index contributed by atoms with van der Waals surface area (Å²) in [5.74, 6) is 0.746. The van der Waals surface area contributed by atoms with Crippen LogP contribution in [0.25, 0.3) is 22.5 Å². The average molecular weight is 440 g/mol. The van der Waals surface area contributed by atoms with Gasteiger partial charge in [-0.25, -0.2) is 4.99 Å². The summed E-state index contributed by atoms with van der Waals surface area (Å²) in [6.07, 6.45) is 3.89. The van der Waals surface area contributed by atoms with Crippen molar-refractivity contribution in [1.82, 2.24) is 9.47 Å². The number of benzene rings is 3. The van der Waals surface area contributed by atoms with Gasteiger partial charge < -0.3 is 9.30 Å².